The molecule has 0 unspecified atom stereocenters. The maximum absolute atomic E-state index is 5.43. The summed E-state index contributed by atoms with van der Waals surface area (Å²) < 4.78 is 6.60. The summed E-state index contributed by atoms with van der Waals surface area (Å²) in [6, 6.07) is 6.81. The average Bonchev–Trinajstić information content (AvgIpc) is 2.23. The monoisotopic (exact) mass is 291 g/mol. The molecule has 2 rings (SSSR count). The van der Waals surface area contributed by atoms with E-state index in [1.54, 1.807) is 0 Å². The first-order valence-electron chi connectivity index (χ1n) is 4.84. The zero-order chi connectivity index (χ0) is 9.97. The number of ether oxygens (including phenoxy) is 1. The van der Waals surface area contributed by atoms with E-state index in [-0.39, 0.29) is 12.4 Å². The molecule has 84 valence electrons. The molecule has 0 spiro atoms. The van der Waals surface area contributed by atoms with E-state index in [1.165, 1.54) is 15.6 Å². The van der Waals surface area contributed by atoms with Crippen LogP contribution in [0.4, 0.5) is 0 Å². The van der Waals surface area contributed by atoms with Crippen LogP contribution in [0.2, 0.25) is 0 Å². The summed E-state index contributed by atoms with van der Waals surface area (Å²) in [5.41, 5.74) is 2.56. The molecule has 0 radical (unpaired) electrons. The molecule has 0 saturated carbocycles. The fourth-order valence-electron chi connectivity index (χ4n) is 1.61. The number of nitrogens with one attached hydrogen (secondary N) is 1. The lowest BCUT2D eigenvalue weighted by molar-refractivity contribution is 0.0768. The second kappa shape index (κ2) is 5.85. The standard InChI is InChI=1S/C11H14BrNO.ClH/c1-8-2-3-9(6-10(8)12)11-7-14-5-4-13-11;/h2-3,6,11,13H,4-5,7H2,1H3;1H/t11-;/m0./s1. The van der Waals surface area contributed by atoms with Gasteiger partial charge in [-0.05, 0) is 24.1 Å². The van der Waals surface area contributed by atoms with Gasteiger partial charge in [0.1, 0.15) is 0 Å². The fourth-order valence-corrected chi connectivity index (χ4v) is 2.00. The predicted molar refractivity (Wildman–Crippen MR) is 67.7 cm³/mol. The second-order valence-corrected chi connectivity index (χ2v) is 4.44. The van der Waals surface area contributed by atoms with Gasteiger partial charge in [0.2, 0.25) is 0 Å². The number of benzene rings is 1. The summed E-state index contributed by atoms with van der Waals surface area (Å²) in [6.45, 7) is 4.63. The van der Waals surface area contributed by atoms with Gasteiger partial charge in [-0.2, -0.15) is 0 Å². The van der Waals surface area contributed by atoms with Crippen molar-refractivity contribution in [3.8, 4) is 0 Å². The number of hydrogen-bond donors (Lipinski definition) is 1. The van der Waals surface area contributed by atoms with Crippen molar-refractivity contribution in [2.24, 2.45) is 0 Å². The van der Waals surface area contributed by atoms with Crippen LogP contribution in [-0.4, -0.2) is 19.8 Å². The highest BCUT2D eigenvalue weighted by Gasteiger charge is 2.15. The minimum absolute atomic E-state index is 0. The van der Waals surface area contributed by atoms with Gasteiger partial charge in [-0.15, -0.1) is 12.4 Å². The van der Waals surface area contributed by atoms with E-state index in [0.29, 0.717) is 6.04 Å². The normalized spacial score (nSPS) is 20.8. The Bertz CT molecular complexity index is 326. The zero-order valence-corrected chi connectivity index (χ0v) is 11.0. The average molecular weight is 293 g/mol. The van der Waals surface area contributed by atoms with Crippen LogP contribution < -0.4 is 5.32 Å². The van der Waals surface area contributed by atoms with Crippen molar-refractivity contribution in [1.29, 1.82) is 0 Å². The third-order valence-electron chi connectivity index (χ3n) is 2.52. The number of hydrogen-bond acceptors (Lipinski definition) is 2. The van der Waals surface area contributed by atoms with E-state index >= 15 is 0 Å². The van der Waals surface area contributed by atoms with E-state index in [9.17, 15) is 0 Å². The maximum Gasteiger partial charge on any atom is 0.0662 e. The molecule has 1 fully saturated rings. The van der Waals surface area contributed by atoms with Crippen LogP contribution in [0, 0.1) is 6.92 Å². The van der Waals surface area contributed by atoms with Gasteiger partial charge in [-0.25, -0.2) is 0 Å². The van der Waals surface area contributed by atoms with Crippen LogP contribution in [0.3, 0.4) is 0 Å². The second-order valence-electron chi connectivity index (χ2n) is 3.59. The molecule has 1 aromatic rings. The molecule has 1 aliphatic heterocycles. The summed E-state index contributed by atoms with van der Waals surface area (Å²) in [6.07, 6.45) is 0. The summed E-state index contributed by atoms with van der Waals surface area (Å²) in [5, 5.41) is 3.44. The highest BCUT2D eigenvalue weighted by atomic mass is 79.9. The van der Waals surface area contributed by atoms with Gasteiger partial charge in [0.15, 0.2) is 0 Å². The van der Waals surface area contributed by atoms with Crippen LogP contribution >= 0.6 is 28.3 Å². The minimum Gasteiger partial charge on any atom is -0.378 e. The molecular formula is C11H15BrClNO. The quantitative estimate of drug-likeness (QED) is 0.859. The largest absolute Gasteiger partial charge is 0.378 e. The zero-order valence-electron chi connectivity index (χ0n) is 8.63. The highest BCUT2D eigenvalue weighted by molar-refractivity contribution is 9.10. The molecule has 4 heteroatoms. The van der Waals surface area contributed by atoms with E-state index in [4.69, 9.17) is 4.74 Å². The molecular weight excluding hydrogens is 277 g/mol. The Balaban J connectivity index is 0.00000112. The molecule has 1 aromatic carbocycles. The van der Waals surface area contributed by atoms with Crippen molar-refractivity contribution in [3.63, 3.8) is 0 Å². The molecule has 1 heterocycles. The van der Waals surface area contributed by atoms with Crippen LogP contribution in [0.5, 0.6) is 0 Å². The lowest BCUT2D eigenvalue weighted by Crippen LogP contribution is -2.34. The van der Waals surface area contributed by atoms with E-state index in [1.807, 2.05) is 0 Å². The molecule has 0 amide bonds. The molecule has 0 bridgehead atoms. The molecule has 0 aromatic heterocycles. The van der Waals surface area contributed by atoms with Gasteiger partial charge >= 0.3 is 0 Å². The Labute approximate surface area is 105 Å². The summed E-state index contributed by atoms with van der Waals surface area (Å²) in [5.74, 6) is 0. The Morgan fingerprint density at radius 1 is 1.47 bits per heavy atom. The van der Waals surface area contributed by atoms with Gasteiger partial charge in [0.05, 0.1) is 19.3 Å². The van der Waals surface area contributed by atoms with Crippen LogP contribution in [-0.2, 0) is 4.74 Å². The Hall–Kier alpha value is -0.0900. The SMILES string of the molecule is Cc1ccc([C@@H]2COCCN2)cc1Br.Cl. The van der Waals surface area contributed by atoms with Gasteiger partial charge in [-0.1, -0.05) is 28.1 Å². The topological polar surface area (TPSA) is 21.3 Å². The van der Waals surface area contributed by atoms with Crippen molar-refractivity contribution in [2.45, 2.75) is 13.0 Å². The summed E-state index contributed by atoms with van der Waals surface area (Å²) in [7, 11) is 0. The fraction of sp³-hybridized carbons (Fsp3) is 0.455. The Kier molecular flexibility index (Phi) is 5.06. The summed E-state index contributed by atoms with van der Waals surface area (Å²) in [4.78, 5) is 0. The van der Waals surface area contributed by atoms with Gasteiger partial charge in [0.25, 0.3) is 0 Å². The number of morpholine rings is 1. The van der Waals surface area contributed by atoms with Crippen molar-refractivity contribution in [1.82, 2.24) is 5.32 Å². The predicted octanol–water partition coefficient (Wildman–Crippen LogP) is 2.84. The van der Waals surface area contributed by atoms with Crippen LogP contribution in [0.1, 0.15) is 17.2 Å². The van der Waals surface area contributed by atoms with Crippen molar-refractivity contribution in [3.05, 3.63) is 33.8 Å². The number of halogens is 2. The van der Waals surface area contributed by atoms with Crippen molar-refractivity contribution < 1.29 is 4.74 Å². The first-order valence-corrected chi connectivity index (χ1v) is 5.64. The first-order chi connectivity index (χ1) is 6.77. The molecule has 1 N–H and O–H groups in total. The molecule has 2 nitrogen and oxygen atoms in total. The highest BCUT2D eigenvalue weighted by Crippen LogP contribution is 2.22. The van der Waals surface area contributed by atoms with Crippen LogP contribution in [0.15, 0.2) is 22.7 Å². The third kappa shape index (κ3) is 3.18. The number of rotatable bonds is 1. The van der Waals surface area contributed by atoms with E-state index in [0.717, 1.165) is 19.8 Å². The number of aryl methyl sites for hydroxylation is 1. The maximum atomic E-state index is 5.43. The molecule has 1 saturated heterocycles. The van der Waals surface area contributed by atoms with Gasteiger partial charge in [0, 0.05) is 11.0 Å². The molecule has 15 heavy (non-hydrogen) atoms. The minimum atomic E-state index is 0. The van der Waals surface area contributed by atoms with Crippen molar-refractivity contribution >= 4 is 28.3 Å². The molecule has 1 atom stereocenters. The lowest BCUT2D eigenvalue weighted by Gasteiger charge is -2.24. The van der Waals surface area contributed by atoms with Crippen LogP contribution in [0.25, 0.3) is 0 Å². The Morgan fingerprint density at radius 3 is 2.87 bits per heavy atom. The summed E-state index contributed by atoms with van der Waals surface area (Å²) >= 11 is 3.54. The first kappa shape index (κ1) is 13.0. The molecule has 0 aliphatic carbocycles. The lowest BCUT2D eigenvalue weighted by atomic mass is 10.1. The van der Waals surface area contributed by atoms with Gasteiger partial charge < -0.3 is 10.1 Å². The molecule has 1 aliphatic rings. The van der Waals surface area contributed by atoms with Crippen molar-refractivity contribution in [2.75, 3.05) is 19.8 Å². The smallest absolute Gasteiger partial charge is 0.0662 e. The third-order valence-corrected chi connectivity index (χ3v) is 3.37. The van der Waals surface area contributed by atoms with E-state index < -0.39 is 0 Å². The Morgan fingerprint density at radius 2 is 2.27 bits per heavy atom. The van der Waals surface area contributed by atoms with Gasteiger partial charge in [-0.3, -0.25) is 0 Å². The van der Waals surface area contributed by atoms with E-state index in [2.05, 4.69) is 46.4 Å².